The molecular weight excluding hydrogens is 306 g/mol. The minimum atomic E-state index is -0.901. The molecule has 0 spiro atoms. The van der Waals surface area contributed by atoms with Crippen molar-refractivity contribution in [3.63, 3.8) is 0 Å². The Kier molecular flexibility index (Phi) is 4.65. The van der Waals surface area contributed by atoms with Gasteiger partial charge in [-0.1, -0.05) is 39.0 Å². The number of Topliss-reactive ketones (excluding diaryl/α,β-unsaturated/α-hetero) is 1. The zero-order valence-corrected chi connectivity index (χ0v) is 15.0. The maximum absolute atomic E-state index is 12.8. The van der Waals surface area contributed by atoms with Crippen molar-refractivity contribution < 1.29 is 19.1 Å². The molecule has 0 saturated carbocycles. The van der Waals surface area contributed by atoms with Gasteiger partial charge in [0.25, 0.3) is 5.78 Å². The first-order valence-electron chi connectivity index (χ1n) is 7.96. The van der Waals surface area contributed by atoms with Crippen molar-refractivity contribution in [3.05, 3.63) is 35.5 Å². The number of hydrogen-bond donors (Lipinski definition) is 0. The summed E-state index contributed by atoms with van der Waals surface area (Å²) in [5.41, 5.74) is 0.893. The number of benzene rings is 1. The van der Waals surface area contributed by atoms with Crippen LogP contribution in [-0.4, -0.2) is 28.3 Å². The fraction of sp³-hybridized carbons (Fsp3) is 0.421. The zero-order chi connectivity index (χ0) is 18.2. The minimum absolute atomic E-state index is 0.201. The molecule has 0 saturated heterocycles. The van der Waals surface area contributed by atoms with Crippen LogP contribution in [0.15, 0.2) is 24.3 Å². The zero-order valence-electron chi connectivity index (χ0n) is 15.0. The van der Waals surface area contributed by atoms with Crippen molar-refractivity contribution in [1.29, 1.82) is 0 Å². The maximum atomic E-state index is 12.8. The summed E-state index contributed by atoms with van der Waals surface area (Å²) in [7, 11) is 0. The smallest absolute Gasteiger partial charge is 0.380 e. The number of ether oxygens (including phenoxy) is 1. The Morgan fingerprint density at radius 2 is 1.67 bits per heavy atom. The van der Waals surface area contributed by atoms with E-state index >= 15 is 0 Å². The molecule has 0 aliphatic carbocycles. The number of rotatable bonds is 3. The third-order valence-electron chi connectivity index (χ3n) is 3.66. The molecule has 1 aromatic heterocycles. The third kappa shape index (κ3) is 3.11. The molecule has 1 aromatic carbocycles. The largest absolute Gasteiger partial charge is 0.457 e. The van der Waals surface area contributed by atoms with Crippen LogP contribution in [0.5, 0.6) is 0 Å². The van der Waals surface area contributed by atoms with E-state index in [1.54, 1.807) is 38.1 Å². The molecule has 5 heteroatoms. The first kappa shape index (κ1) is 17.9. The Morgan fingerprint density at radius 3 is 2.17 bits per heavy atom. The molecule has 0 unspecified atom stereocenters. The maximum Gasteiger partial charge on any atom is 0.380 e. The van der Waals surface area contributed by atoms with Crippen LogP contribution in [0, 0.1) is 0 Å². The Balaban J connectivity index is 2.84. The van der Waals surface area contributed by atoms with Crippen LogP contribution < -0.4 is 0 Å². The van der Waals surface area contributed by atoms with Crippen molar-refractivity contribution in [1.82, 2.24) is 4.57 Å². The summed E-state index contributed by atoms with van der Waals surface area (Å²) < 4.78 is 6.59. The van der Waals surface area contributed by atoms with E-state index in [-0.39, 0.29) is 17.6 Å². The molecule has 128 valence electrons. The molecule has 5 nitrogen and oxygen atoms in total. The van der Waals surface area contributed by atoms with Crippen LogP contribution in [0.25, 0.3) is 10.9 Å². The number of carbonyl (C=O) groups excluding carboxylic acids is 3. The fourth-order valence-electron chi connectivity index (χ4n) is 2.88. The molecule has 0 aliphatic heterocycles. The lowest BCUT2D eigenvalue weighted by atomic mass is 9.87. The second-order valence-electron chi connectivity index (χ2n) is 7.13. The highest BCUT2D eigenvalue weighted by Crippen LogP contribution is 2.35. The summed E-state index contributed by atoms with van der Waals surface area (Å²) in [6, 6.07) is 7.11. The molecule has 2 rings (SSSR count). The monoisotopic (exact) mass is 329 g/mol. The summed E-state index contributed by atoms with van der Waals surface area (Å²) in [4.78, 5) is 37.2. The van der Waals surface area contributed by atoms with Crippen LogP contribution in [0.1, 0.15) is 62.4 Å². The van der Waals surface area contributed by atoms with E-state index in [2.05, 4.69) is 0 Å². The van der Waals surface area contributed by atoms with Crippen LogP contribution in [0.4, 0.5) is 0 Å². The average Bonchev–Trinajstić information content (AvgIpc) is 2.81. The quantitative estimate of drug-likeness (QED) is 0.489. The summed E-state index contributed by atoms with van der Waals surface area (Å²) >= 11 is 0. The molecule has 0 aliphatic rings. The van der Waals surface area contributed by atoms with Crippen molar-refractivity contribution in [2.75, 3.05) is 0 Å². The molecule has 1 heterocycles. The van der Waals surface area contributed by atoms with Gasteiger partial charge in [0, 0.05) is 23.4 Å². The molecule has 2 aromatic rings. The molecule has 24 heavy (non-hydrogen) atoms. The lowest BCUT2D eigenvalue weighted by molar-refractivity contribution is -0.141. The van der Waals surface area contributed by atoms with E-state index in [0.29, 0.717) is 16.6 Å². The predicted molar refractivity (Wildman–Crippen MR) is 92.5 cm³/mol. The minimum Gasteiger partial charge on any atom is -0.457 e. The highest BCUT2D eigenvalue weighted by Gasteiger charge is 2.34. The van der Waals surface area contributed by atoms with E-state index < -0.39 is 17.2 Å². The van der Waals surface area contributed by atoms with Crippen LogP contribution in [0.2, 0.25) is 0 Å². The number of carbonyl (C=O) groups is 3. The summed E-state index contributed by atoms with van der Waals surface area (Å²) in [6.45, 7) is 10.5. The van der Waals surface area contributed by atoms with Crippen LogP contribution in [0.3, 0.4) is 0 Å². The summed E-state index contributed by atoms with van der Waals surface area (Å²) in [6.07, 6.45) is -0.388. The topological polar surface area (TPSA) is 65.4 Å². The molecule has 0 fully saturated rings. The molecule has 0 N–H and O–H groups in total. The first-order chi connectivity index (χ1) is 11.1. The number of aromatic nitrogens is 1. The number of nitrogens with zero attached hydrogens (tertiary/aromatic N) is 1. The average molecular weight is 329 g/mol. The van der Waals surface area contributed by atoms with Gasteiger partial charge in [0.05, 0.1) is 17.2 Å². The standard InChI is InChI=1S/C19H23NO4/c1-11(2)24-18(23)16(22)15-13-9-7-8-10-14(13)20(12(3)21)17(15)19(4,5)6/h7-11H,1-6H3. The van der Waals surface area contributed by atoms with E-state index in [0.717, 1.165) is 0 Å². The van der Waals surface area contributed by atoms with Gasteiger partial charge in [-0.3, -0.25) is 14.2 Å². The normalized spacial score (nSPS) is 11.8. The summed E-state index contributed by atoms with van der Waals surface area (Å²) in [5, 5.41) is 0.586. The lowest BCUT2D eigenvalue weighted by Gasteiger charge is -2.22. The fourth-order valence-corrected chi connectivity index (χ4v) is 2.88. The second-order valence-corrected chi connectivity index (χ2v) is 7.13. The highest BCUT2D eigenvalue weighted by atomic mass is 16.5. The van der Waals surface area contributed by atoms with Crippen molar-refractivity contribution in [3.8, 4) is 0 Å². The van der Waals surface area contributed by atoms with Crippen molar-refractivity contribution >= 4 is 28.6 Å². The van der Waals surface area contributed by atoms with Crippen molar-refractivity contribution in [2.45, 2.75) is 53.1 Å². The Labute approximate surface area is 141 Å². The number of fused-ring (bicyclic) bond motifs is 1. The van der Waals surface area contributed by atoms with Gasteiger partial charge in [-0.05, 0) is 19.9 Å². The van der Waals surface area contributed by atoms with Gasteiger partial charge in [0.1, 0.15) is 0 Å². The predicted octanol–water partition coefficient (Wildman–Crippen LogP) is 3.73. The van der Waals surface area contributed by atoms with Gasteiger partial charge in [-0.15, -0.1) is 0 Å². The number of para-hydroxylation sites is 1. The van der Waals surface area contributed by atoms with Crippen LogP contribution >= 0.6 is 0 Å². The van der Waals surface area contributed by atoms with Gasteiger partial charge in [0.2, 0.25) is 5.91 Å². The van der Waals surface area contributed by atoms with Crippen LogP contribution in [-0.2, 0) is 14.9 Å². The first-order valence-corrected chi connectivity index (χ1v) is 7.96. The molecule has 0 bridgehead atoms. The van der Waals surface area contributed by atoms with Gasteiger partial charge in [-0.2, -0.15) is 0 Å². The Bertz CT molecular complexity index is 822. The molecule has 0 amide bonds. The number of ketones is 1. The van der Waals surface area contributed by atoms with E-state index in [1.807, 2.05) is 20.8 Å². The Morgan fingerprint density at radius 1 is 1.08 bits per heavy atom. The van der Waals surface area contributed by atoms with Gasteiger partial charge in [-0.25, -0.2) is 4.79 Å². The SMILES string of the molecule is CC(=O)n1c(C(C)(C)C)c(C(=O)C(=O)OC(C)C)c2ccccc21. The van der Waals surface area contributed by atoms with E-state index in [9.17, 15) is 14.4 Å². The van der Waals surface area contributed by atoms with E-state index in [4.69, 9.17) is 4.74 Å². The molecular formula is C19H23NO4. The highest BCUT2D eigenvalue weighted by molar-refractivity contribution is 6.43. The van der Waals surface area contributed by atoms with Gasteiger partial charge < -0.3 is 4.74 Å². The molecule has 0 atom stereocenters. The second kappa shape index (κ2) is 6.23. The Hall–Kier alpha value is -2.43. The third-order valence-corrected chi connectivity index (χ3v) is 3.66. The number of esters is 1. The van der Waals surface area contributed by atoms with Gasteiger partial charge >= 0.3 is 5.97 Å². The molecule has 0 radical (unpaired) electrons. The summed E-state index contributed by atoms with van der Waals surface area (Å²) in [5.74, 6) is -1.82. The lowest BCUT2D eigenvalue weighted by Crippen LogP contribution is -2.27. The number of hydrogen-bond acceptors (Lipinski definition) is 4. The van der Waals surface area contributed by atoms with E-state index in [1.165, 1.54) is 11.5 Å². The van der Waals surface area contributed by atoms with Crippen molar-refractivity contribution in [2.24, 2.45) is 0 Å². The van der Waals surface area contributed by atoms with Gasteiger partial charge in [0.15, 0.2) is 0 Å².